The Bertz CT molecular complexity index is 467. The first-order valence-electron chi connectivity index (χ1n) is 7.15. The van der Waals surface area contributed by atoms with E-state index in [0.29, 0.717) is 19.1 Å². The second-order valence-corrected chi connectivity index (χ2v) is 6.34. The van der Waals surface area contributed by atoms with Gasteiger partial charge in [-0.1, -0.05) is 26.3 Å². The molecule has 0 spiro atoms. The van der Waals surface area contributed by atoms with Crippen LogP contribution in [-0.2, 0) is 0 Å². The molecule has 3 rings (SSSR count). The molecule has 1 aliphatic heterocycles. The SMILES string of the molecule is CC1(C)CCCC1C(O)c1ccc2c(c1)OCCO2. The van der Waals surface area contributed by atoms with Crippen LogP contribution in [0.15, 0.2) is 18.2 Å². The van der Waals surface area contributed by atoms with E-state index >= 15 is 0 Å². The lowest BCUT2D eigenvalue weighted by Gasteiger charge is -2.31. The lowest BCUT2D eigenvalue weighted by atomic mass is 9.77. The van der Waals surface area contributed by atoms with E-state index < -0.39 is 6.10 Å². The Balaban J connectivity index is 1.85. The summed E-state index contributed by atoms with van der Waals surface area (Å²) < 4.78 is 11.1. The highest BCUT2D eigenvalue weighted by Gasteiger charge is 2.39. The largest absolute Gasteiger partial charge is 0.486 e. The molecule has 19 heavy (non-hydrogen) atoms. The van der Waals surface area contributed by atoms with E-state index in [0.717, 1.165) is 23.5 Å². The number of aliphatic hydroxyl groups is 1. The lowest BCUT2D eigenvalue weighted by Crippen LogP contribution is -2.24. The van der Waals surface area contributed by atoms with Crippen LogP contribution in [0.2, 0.25) is 0 Å². The lowest BCUT2D eigenvalue weighted by molar-refractivity contribution is 0.0526. The summed E-state index contributed by atoms with van der Waals surface area (Å²) in [5.74, 6) is 1.88. The van der Waals surface area contributed by atoms with Crippen molar-refractivity contribution in [1.82, 2.24) is 0 Å². The predicted molar refractivity (Wildman–Crippen MR) is 73.5 cm³/mol. The zero-order valence-corrected chi connectivity index (χ0v) is 11.7. The van der Waals surface area contributed by atoms with Gasteiger partial charge in [-0.25, -0.2) is 0 Å². The van der Waals surface area contributed by atoms with Gasteiger partial charge in [0, 0.05) is 0 Å². The second kappa shape index (κ2) is 4.71. The first-order valence-corrected chi connectivity index (χ1v) is 7.15. The molecule has 1 fully saturated rings. The Morgan fingerprint density at radius 2 is 1.95 bits per heavy atom. The first kappa shape index (κ1) is 12.8. The van der Waals surface area contributed by atoms with Crippen molar-refractivity contribution in [2.24, 2.45) is 11.3 Å². The minimum absolute atomic E-state index is 0.215. The normalized spacial score (nSPS) is 26.2. The molecule has 2 unspecified atom stereocenters. The molecular weight excluding hydrogens is 240 g/mol. The van der Waals surface area contributed by atoms with Crippen molar-refractivity contribution < 1.29 is 14.6 Å². The minimum atomic E-state index is -0.409. The molecule has 0 amide bonds. The van der Waals surface area contributed by atoms with Crippen LogP contribution in [0.25, 0.3) is 0 Å². The average molecular weight is 262 g/mol. The van der Waals surface area contributed by atoms with Crippen LogP contribution in [0.5, 0.6) is 11.5 Å². The molecule has 1 saturated carbocycles. The van der Waals surface area contributed by atoms with Gasteiger partial charge < -0.3 is 14.6 Å². The number of aliphatic hydroxyl groups excluding tert-OH is 1. The van der Waals surface area contributed by atoms with Crippen molar-refractivity contribution in [3.63, 3.8) is 0 Å². The molecule has 2 aliphatic rings. The smallest absolute Gasteiger partial charge is 0.161 e. The number of hydrogen-bond donors (Lipinski definition) is 1. The predicted octanol–water partition coefficient (Wildman–Crippen LogP) is 3.32. The molecule has 1 N–H and O–H groups in total. The van der Waals surface area contributed by atoms with Gasteiger partial charge >= 0.3 is 0 Å². The third-order valence-corrected chi connectivity index (χ3v) is 4.63. The Morgan fingerprint density at radius 3 is 2.63 bits per heavy atom. The third-order valence-electron chi connectivity index (χ3n) is 4.63. The van der Waals surface area contributed by atoms with Crippen LogP contribution in [0.3, 0.4) is 0 Å². The van der Waals surface area contributed by atoms with E-state index in [1.165, 1.54) is 12.8 Å². The molecule has 0 radical (unpaired) electrons. The number of fused-ring (bicyclic) bond motifs is 1. The van der Waals surface area contributed by atoms with E-state index in [4.69, 9.17) is 9.47 Å². The van der Waals surface area contributed by atoms with E-state index in [1.54, 1.807) is 0 Å². The van der Waals surface area contributed by atoms with Crippen LogP contribution in [0, 0.1) is 11.3 Å². The highest BCUT2D eigenvalue weighted by molar-refractivity contribution is 5.44. The van der Waals surface area contributed by atoms with Crippen molar-refractivity contribution in [2.75, 3.05) is 13.2 Å². The van der Waals surface area contributed by atoms with Crippen LogP contribution in [-0.4, -0.2) is 18.3 Å². The molecular formula is C16H22O3. The van der Waals surface area contributed by atoms with Gasteiger partial charge in [-0.2, -0.15) is 0 Å². The van der Waals surface area contributed by atoms with E-state index in [2.05, 4.69) is 13.8 Å². The van der Waals surface area contributed by atoms with Gasteiger partial charge in [0.15, 0.2) is 11.5 Å². The topological polar surface area (TPSA) is 38.7 Å². The molecule has 0 saturated heterocycles. The van der Waals surface area contributed by atoms with Crippen molar-refractivity contribution in [1.29, 1.82) is 0 Å². The monoisotopic (exact) mass is 262 g/mol. The Kier molecular flexibility index (Phi) is 3.17. The molecule has 1 heterocycles. The summed E-state index contributed by atoms with van der Waals surface area (Å²) in [5, 5.41) is 10.7. The van der Waals surface area contributed by atoms with Gasteiger partial charge in [0.05, 0.1) is 6.10 Å². The molecule has 1 aromatic rings. The summed E-state index contributed by atoms with van der Waals surface area (Å²) in [5.41, 5.74) is 1.16. The highest BCUT2D eigenvalue weighted by Crippen LogP contribution is 2.49. The fraction of sp³-hybridized carbons (Fsp3) is 0.625. The fourth-order valence-electron chi connectivity index (χ4n) is 3.42. The summed E-state index contributed by atoms with van der Waals surface area (Å²) in [6.45, 7) is 5.70. The van der Waals surface area contributed by atoms with Gasteiger partial charge in [-0.15, -0.1) is 0 Å². The first-order chi connectivity index (χ1) is 9.08. The maximum Gasteiger partial charge on any atom is 0.161 e. The molecule has 2 atom stereocenters. The van der Waals surface area contributed by atoms with Crippen LogP contribution < -0.4 is 9.47 Å². The van der Waals surface area contributed by atoms with Gasteiger partial charge in [0.25, 0.3) is 0 Å². The van der Waals surface area contributed by atoms with Crippen molar-refractivity contribution in [2.45, 2.75) is 39.2 Å². The molecule has 0 bridgehead atoms. The average Bonchev–Trinajstić information content (AvgIpc) is 2.77. The van der Waals surface area contributed by atoms with E-state index in [1.807, 2.05) is 18.2 Å². The number of ether oxygens (including phenoxy) is 2. The van der Waals surface area contributed by atoms with Crippen LogP contribution >= 0.6 is 0 Å². The van der Waals surface area contributed by atoms with Crippen molar-refractivity contribution in [3.05, 3.63) is 23.8 Å². The standard InChI is InChI=1S/C16H22O3/c1-16(2)7-3-4-12(16)15(17)11-5-6-13-14(10-11)19-9-8-18-13/h5-6,10,12,15,17H,3-4,7-9H2,1-2H3. The molecule has 104 valence electrons. The van der Waals surface area contributed by atoms with E-state index in [9.17, 15) is 5.11 Å². The van der Waals surface area contributed by atoms with Crippen LogP contribution in [0.4, 0.5) is 0 Å². The summed E-state index contributed by atoms with van der Waals surface area (Å²) in [6, 6.07) is 5.81. The number of rotatable bonds is 2. The maximum absolute atomic E-state index is 10.7. The Labute approximate surface area is 114 Å². The molecule has 0 aromatic heterocycles. The third kappa shape index (κ3) is 2.32. The number of benzene rings is 1. The van der Waals surface area contributed by atoms with Crippen molar-refractivity contribution >= 4 is 0 Å². The van der Waals surface area contributed by atoms with Gasteiger partial charge in [-0.3, -0.25) is 0 Å². The molecule has 1 aromatic carbocycles. The summed E-state index contributed by atoms with van der Waals surface area (Å²) >= 11 is 0. The van der Waals surface area contributed by atoms with Gasteiger partial charge in [0.2, 0.25) is 0 Å². The highest BCUT2D eigenvalue weighted by atomic mass is 16.6. The van der Waals surface area contributed by atoms with E-state index in [-0.39, 0.29) is 5.41 Å². The summed E-state index contributed by atoms with van der Waals surface area (Å²) in [7, 11) is 0. The summed E-state index contributed by atoms with van der Waals surface area (Å²) in [6.07, 6.45) is 3.09. The molecule has 3 heteroatoms. The zero-order chi connectivity index (χ0) is 13.5. The Morgan fingerprint density at radius 1 is 1.21 bits per heavy atom. The fourth-order valence-corrected chi connectivity index (χ4v) is 3.42. The summed E-state index contributed by atoms with van der Waals surface area (Å²) in [4.78, 5) is 0. The van der Waals surface area contributed by atoms with Gasteiger partial charge in [0.1, 0.15) is 13.2 Å². The molecule has 1 aliphatic carbocycles. The number of hydrogen-bond acceptors (Lipinski definition) is 3. The quantitative estimate of drug-likeness (QED) is 0.888. The Hall–Kier alpha value is -1.22. The minimum Gasteiger partial charge on any atom is -0.486 e. The van der Waals surface area contributed by atoms with Gasteiger partial charge in [-0.05, 0) is 41.9 Å². The van der Waals surface area contributed by atoms with Crippen molar-refractivity contribution in [3.8, 4) is 11.5 Å². The second-order valence-electron chi connectivity index (χ2n) is 6.34. The molecule has 3 nitrogen and oxygen atoms in total. The van der Waals surface area contributed by atoms with Crippen LogP contribution in [0.1, 0.15) is 44.8 Å². The maximum atomic E-state index is 10.7. The zero-order valence-electron chi connectivity index (χ0n) is 11.7.